The predicted molar refractivity (Wildman–Crippen MR) is 79.3 cm³/mol. The molecule has 2 N–H and O–H groups in total. The maximum atomic E-state index is 12.5. The summed E-state index contributed by atoms with van der Waals surface area (Å²) >= 11 is 1.66. The molecule has 0 spiro atoms. The van der Waals surface area contributed by atoms with Crippen molar-refractivity contribution in [2.24, 2.45) is 5.73 Å². The van der Waals surface area contributed by atoms with Crippen LogP contribution in [0.4, 0.5) is 0 Å². The van der Waals surface area contributed by atoms with Crippen LogP contribution in [0.5, 0.6) is 0 Å². The number of likely N-dealkylation sites (tertiary alicyclic amines) is 1. The van der Waals surface area contributed by atoms with Gasteiger partial charge in [0.05, 0.1) is 5.88 Å². The van der Waals surface area contributed by atoms with E-state index in [-0.39, 0.29) is 36.3 Å². The first-order chi connectivity index (χ1) is 8.69. The Balaban J connectivity index is 0.00000180. The maximum absolute atomic E-state index is 12.5. The van der Waals surface area contributed by atoms with Crippen LogP contribution in [-0.4, -0.2) is 58.4 Å². The van der Waals surface area contributed by atoms with E-state index in [1.165, 1.54) is 0 Å². The smallest absolute Gasteiger partial charge is 0.246 e. The molecule has 0 bridgehead atoms. The van der Waals surface area contributed by atoms with Crippen LogP contribution in [-0.2, 0) is 9.59 Å². The summed E-state index contributed by atoms with van der Waals surface area (Å²) in [5.41, 5.74) is 5.70. The molecule has 0 radical (unpaired) electrons. The van der Waals surface area contributed by atoms with Crippen molar-refractivity contribution in [1.29, 1.82) is 0 Å². The molecule has 0 aromatic rings. The number of amides is 2. The molecule has 2 atom stereocenters. The Morgan fingerprint density at radius 3 is 2.74 bits per heavy atom. The lowest BCUT2D eigenvalue weighted by atomic mass is 10.2. The first-order valence-corrected chi connectivity index (χ1v) is 7.72. The zero-order valence-electron chi connectivity index (χ0n) is 11.2. The first-order valence-electron chi connectivity index (χ1n) is 6.56. The van der Waals surface area contributed by atoms with E-state index in [4.69, 9.17) is 5.73 Å². The Morgan fingerprint density at radius 2 is 2.11 bits per heavy atom. The van der Waals surface area contributed by atoms with E-state index in [0.29, 0.717) is 18.8 Å². The van der Waals surface area contributed by atoms with E-state index in [0.717, 1.165) is 25.1 Å². The number of carbonyl (C=O) groups is 2. The zero-order valence-corrected chi connectivity index (χ0v) is 12.8. The van der Waals surface area contributed by atoms with Crippen LogP contribution in [0.2, 0.25) is 0 Å². The van der Waals surface area contributed by atoms with Gasteiger partial charge in [0.25, 0.3) is 0 Å². The highest BCUT2D eigenvalue weighted by atomic mass is 35.5. The van der Waals surface area contributed by atoms with Crippen molar-refractivity contribution >= 4 is 36.0 Å². The van der Waals surface area contributed by atoms with Crippen LogP contribution in [0.15, 0.2) is 0 Å². The topological polar surface area (TPSA) is 66.6 Å². The Bertz CT molecular complexity index is 343. The van der Waals surface area contributed by atoms with Crippen molar-refractivity contribution in [3.63, 3.8) is 0 Å². The van der Waals surface area contributed by atoms with Gasteiger partial charge < -0.3 is 15.5 Å². The van der Waals surface area contributed by atoms with Gasteiger partial charge in [-0.1, -0.05) is 6.92 Å². The number of hydrogen-bond donors (Lipinski definition) is 1. The molecule has 0 aliphatic carbocycles. The highest BCUT2D eigenvalue weighted by molar-refractivity contribution is 7.99. The van der Waals surface area contributed by atoms with Crippen LogP contribution in [0, 0.1) is 0 Å². The Hall–Kier alpha value is -0.460. The molecule has 5 nitrogen and oxygen atoms in total. The van der Waals surface area contributed by atoms with Crippen molar-refractivity contribution in [2.45, 2.75) is 38.3 Å². The van der Waals surface area contributed by atoms with Crippen LogP contribution < -0.4 is 5.73 Å². The zero-order chi connectivity index (χ0) is 13.1. The maximum Gasteiger partial charge on any atom is 0.246 e. The van der Waals surface area contributed by atoms with E-state index < -0.39 is 0 Å². The summed E-state index contributed by atoms with van der Waals surface area (Å²) in [6, 6.07) is -0.101. The largest absolute Gasteiger partial charge is 0.337 e. The minimum absolute atomic E-state index is 0. The van der Waals surface area contributed by atoms with Crippen molar-refractivity contribution in [1.82, 2.24) is 9.80 Å². The SMILES string of the molecule is CCC(=O)N1CSCC1C(=O)N1CCCC1CN.Cl. The standard InChI is InChI=1S/C12H21N3O2S.ClH/c1-2-11(16)15-8-18-7-10(15)12(17)14-5-3-4-9(14)6-13;/h9-10H,2-8,13H2,1H3;1H. The fourth-order valence-electron chi connectivity index (χ4n) is 2.66. The lowest BCUT2D eigenvalue weighted by Gasteiger charge is -2.30. The number of rotatable bonds is 3. The minimum Gasteiger partial charge on any atom is -0.337 e. The third-order valence-corrected chi connectivity index (χ3v) is 4.73. The third-order valence-electron chi connectivity index (χ3n) is 3.72. The summed E-state index contributed by atoms with van der Waals surface area (Å²) in [5, 5.41) is 0. The van der Waals surface area contributed by atoms with Gasteiger partial charge in [-0.05, 0) is 12.8 Å². The number of thioether (sulfide) groups is 1. The monoisotopic (exact) mass is 307 g/mol. The average molecular weight is 308 g/mol. The van der Waals surface area contributed by atoms with Gasteiger partial charge in [-0.3, -0.25) is 9.59 Å². The number of nitrogens with two attached hydrogens (primary N) is 1. The van der Waals surface area contributed by atoms with E-state index in [2.05, 4.69) is 0 Å². The third kappa shape index (κ3) is 3.35. The van der Waals surface area contributed by atoms with Gasteiger partial charge in [0.1, 0.15) is 6.04 Å². The normalized spacial score (nSPS) is 26.4. The van der Waals surface area contributed by atoms with Crippen molar-refractivity contribution in [3.05, 3.63) is 0 Å². The number of halogens is 1. The Kier molecular flexibility index (Phi) is 6.42. The Labute approximate surface area is 124 Å². The van der Waals surface area contributed by atoms with E-state index in [1.807, 2.05) is 11.8 Å². The van der Waals surface area contributed by atoms with Crippen molar-refractivity contribution < 1.29 is 9.59 Å². The molecule has 0 saturated carbocycles. The highest BCUT2D eigenvalue weighted by Gasteiger charge is 2.39. The second kappa shape index (κ2) is 7.36. The van der Waals surface area contributed by atoms with Gasteiger partial charge in [0, 0.05) is 31.3 Å². The summed E-state index contributed by atoms with van der Waals surface area (Å²) in [5.74, 6) is 1.53. The summed E-state index contributed by atoms with van der Waals surface area (Å²) in [6.45, 7) is 3.15. The molecule has 2 rings (SSSR count). The van der Waals surface area contributed by atoms with Crippen LogP contribution >= 0.6 is 24.2 Å². The summed E-state index contributed by atoms with van der Waals surface area (Å²) in [7, 11) is 0. The molecule has 0 aromatic carbocycles. The van der Waals surface area contributed by atoms with Gasteiger partial charge in [-0.25, -0.2) is 0 Å². The van der Waals surface area contributed by atoms with Crippen LogP contribution in [0.3, 0.4) is 0 Å². The summed E-state index contributed by atoms with van der Waals surface area (Å²) < 4.78 is 0. The average Bonchev–Trinajstić information content (AvgIpc) is 3.04. The van der Waals surface area contributed by atoms with E-state index >= 15 is 0 Å². The molecule has 2 heterocycles. The fraction of sp³-hybridized carbons (Fsp3) is 0.833. The number of carbonyl (C=O) groups excluding carboxylic acids is 2. The number of hydrogen-bond acceptors (Lipinski definition) is 4. The molecule has 2 saturated heterocycles. The van der Waals surface area contributed by atoms with Crippen molar-refractivity contribution in [3.8, 4) is 0 Å². The minimum atomic E-state index is -0.269. The van der Waals surface area contributed by atoms with Crippen LogP contribution in [0.1, 0.15) is 26.2 Å². The second-order valence-corrected chi connectivity index (χ2v) is 5.80. The quantitative estimate of drug-likeness (QED) is 0.832. The molecular weight excluding hydrogens is 286 g/mol. The lowest BCUT2D eigenvalue weighted by Crippen LogP contribution is -2.51. The molecule has 2 unspecified atom stereocenters. The van der Waals surface area contributed by atoms with Gasteiger partial charge in [0.15, 0.2) is 0 Å². The van der Waals surface area contributed by atoms with Gasteiger partial charge in [-0.2, -0.15) is 0 Å². The van der Waals surface area contributed by atoms with Gasteiger partial charge in [0.2, 0.25) is 11.8 Å². The van der Waals surface area contributed by atoms with E-state index in [1.54, 1.807) is 16.7 Å². The molecule has 0 aromatic heterocycles. The molecule has 7 heteroatoms. The van der Waals surface area contributed by atoms with Crippen molar-refractivity contribution in [2.75, 3.05) is 24.7 Å². The molecule has 19 heavy (non-hydrogen) atoms. The van der Waals surface area contributed by atoms with E-state index in [9.17, 15) is 9.59 Å². The van der Waals surface area contributed by atoms with Crippen LogP contribution in [0.25, 0.3) is 0 Å². The summed E-state index contributed by atoms with van der Waals surface area (Å²) in [6.07, 6.45) is 2.48. The molecule has 2 amide bonds. The second-order valence-electron chi connectivity index (χ2n) is 4.80. The molecule has 110 valence electrons. The van der Waals surface area contributed by atoms with Gasteiger partial charge in [-0.15, -0.1) is 24.2 Å². The highest BCUT2D eigenvalue weighted by Crippen LogP contribution is 2.26. The fourth-order valence-corrected chi connectivity index (χ4v) is 3.83. The first kappa shape index (κ1) is 16.6. The lowest BCUT2D eigenvalue weighted by molar-refractivity contribution is -0.143. The molecule has 2 aliphatic rings. The Morgan fingerprint density at radius 1 is 1.37 bits per heavy atom. The predicted octanol–water partition coefficient (Wildman–Crippen LogP) is 0.669. The van der Waals surface area contributed by atoms with Gasteiger partial charge >= 0.3 is 0 Å². The molecule has 2 fully saturated rings. The molecule has 2 aliphatic heterocycles. The number of nitrogens with zero attached hydrogens (tertiary/aromatic N) is 2. The summed E-state index contributed by atoms with van der Waals surface area (Å²) in [4.78, 5) is 27.9. The molecular formula is C12H22ClN3O2S.